The van der Waals surface area contributed by atoms with Gasteiger partial charge < -0.3 is 4.98 Å². The van der Waals surface area contributed by atoms with Gasteiger partial charge in [0.05, 0.1) is 17.3 Å². The zero-order valence-corrected chi connectivity index (χ0v) is 10.2. The molecule has 0 unspecified atom stereocenters. The van der Waals surface area contributed by atoms with Gasteiger partial charge in [0.1, 0.15) is 0 Å². The summed E-state index contributed by atoms with van der Waals surface area (Å²) in [4.78, 5) is 7.27. The highest BCUT2D eigenvalue weighted by molar-refractivity contribution is 6.30. The van der Waals surface area contributed by atoms with Gasteiger partial charge in [-0.1, -0.05) is 29.5 Å². The van der Waals surface area contributed by atoms with Gasteiger partial charge in [-0.2, -0.15) is 0 Å². The highest BCUT2D eigenvalue weighted by Gasteiger charge is 1.98. The summed E-state index contributed by atoms with van der Waals surface area (Å²) in [6.07, 6.45) is 5.45. The van der Waals surface area contributed by atoms with E-state index in [0.29, 0.717) is 5.02 Å². The molecule has 0 saturated carbocycles. The molecule has 86 valence electrons. The molecular weight excluding hydrogens is 244 g/mol. The van der Waals surface area contributed by atoms with Gasteiger partial charge >= 0.3 is 0 Å². The van der Waals surface area contributed by atoms with E-state index in [1.54, 1.807) is 12.4 Å². The molecule has 0 amide bonds. The lowest BCUT2D eigenvalue weighted by atomic mass is 10.1. The summed E-state index contributed by atoms with van der Waals surface area (Å²) in [6.45, 7) is 0. The van der Waals surface area contributed by atoms with E-state index in [9.17, 15) is 0 Å². The monoisotopic (exact) mass is 252 g/mol. The number of nitrogens with zero attached hydrogens (tertiary/aromatic N) is 1. The molecule has 1 aromatic carbocycles. The highest BCUT2D eigenvalue weighted by atomic mass is 35.5. The van der Waals surface area contributed by atoms with Crippen molar-refractivity contribution in [3.63, 3.8) is 0 Å². The summed E-state index contributed by atoms with van der Waals surface area (Å²) in [5, 5.41) is 1.78. The molecule has 0 radical (unpaired) electrons. The Morgan fingerprint density at radius 3 is 2.94 bits per heavy atom. The molecule has 0 aliphatic carbocycles. The smallest absolute Gasteiger partial charge is 0.0653 e. The minimum Gasteiger partial charge on any atom is -0.360 e. The average molecular weight is 253 g/mol. The van der Waals surface area contributed by atoms with Crippen LogP contribution in [0.15, 0.2) is 48.9 Å². The number of fused-ring (bicyclic) bond motifs is 1. The molecule has 18 heavy (non-hydrogen) atoms. The number of pyridine rings is 1. The van der Waals surface area contributed by atoms with Crippen molar-refractivity contribution in [1.29, 1.82) is 0 Å². The lowest BCUT2D eigenvalue weighted by Crippen LogP contribution is -1.80. The summed E-state index contributed by atoms with van der Waals surface area (Å²) < 4.78 is 0. The number of nitrogens with one attached hydrogen (secondary N) is 1. The van der Waals surface area contributed by atoms with E-state index in [4.69, 9.17) is 11.6 Å². The van der Waals surface area contributed by atoms with Crippen LogP contribution in [0.4, 0.5) is 0 Å². The van der Waals surface area contributed by atoms with Gasteiger partial charge in [-0.25, -0.2) is 0 Å². The first-order valence-electron chi connectivity index (χ1n) is 5.51. The number of rotatable bonds is 0. The Morgan fingerprint density at radius 1 is 1.11 bits per heavy atom. The molecule has 0 atom stereocenters. The van der Waals surface area contributed by atoms with E-state index in [2.05, 4.69) is 21.8 Å². The van der Waals surface area contributed by atoms with Crippen molar-refractivity contribution in [2.75, 3.05) is 0 Å². The number of H-pyrrole nitrogens is 1. The fraction of sp³-hybridized carbons (Fsp3) is 0. The van der Waals surface area contributed by atoms with Crippen molar-refractivity contribution in [3.8, 4) is 11.8 Å². The number of hydrogen-bond acceptors (Lipinski definition) is 1. The Bertz CT molecular complexity index is 763. The predicted octanol–water partition coefficient (Wildman–Crippen LogP) is 3.62. The standard InChI is InChI=1S/C15H9ClN2/c16-13-3-1-2-11(8-13)4-5-12-9-17-10-15-14(12)6-7-18-15/h1-3,6-10,18H. The molecular formula is C15H9ClN2. The topological polar surface area (TPSA) is 28.7 Å². The third kappa shape index (κ3) is 2.09. The van der Waals surface area contributed by atoms with Gasteiger partial charge in [0.2, 0.25) is 0 Å². The molecule has 0 fully saturated rings. The van der Waals surface area contributed by atoms with Crippen LogP contribution in [-0.2, 0) is 0 Å². The van der Waals surface area contributed by atoms with Crippen molar-refractivity contribution in [3.05, 3.63) is 65.1 Å². The maximum absolute atomic E-state index is 5.92. The van der Waals surface area contributed by atoms with Crippen LogP contribution in [0.2, 0.25) is 5.02 Å². The van der Waals surface area contributed by atoms with E-state index < -0.39 is 0 Å². The van der Waals surface area contributed by atoms with Crippen LogP contribution in [0.1, 0.15) is 11.1 Å². The Morgan fingerprint density at radius 2 is 2.06 bits per heavy atom. The van der Waals surface area contributed by atoms with Gasteiger partial charge in [-0.05, 0) is 24.3 Å². The molecule has 2 nitrogen and oxygen atoms in total. The maximum atomic E-state index is 5.92. The van der Waals surface area contributed by atoms with E-state index in [1.807, 2.05) is 36.5 Å². The van der Waals surface area contributed by atoms with Crippen molar-refractivity contribution < 1.29 is 0 Å². The van der Waals surface area contributed by atoms with Gasteiger partial charge in [0, 0.05) is 28.4 Å². The molecule has 0 saturated heterocycles. The first kappa shape index (κ1) is 10.9. The number of aromatic amines is 1. The summed E-state index contributed by atoms with van der Waals surface area (Å²) in [7, 11) is 0. The van der Waals surface area contributed by atoms with E-state index in [0.717, 1.165) is 22.0 Å². The molecule has 3 heteroatoms. The van der Waals surface area contributed by atoms with Gasteiger partial charge in [0.25, 0.3) is 0 Å². The molecule has 0 aliphatic rings. The Hall–Kier alpha value is -2.24. The van der Waals surface area contributed by atoms with Crippen LogP contribution in [-0.4, -0.2) is 9.97 Å². The highest BCUT2D eigenvalue weighted by Crippen LogP contribution is 2.15. The van der Waals surface area contributed by atoms with Crippen molar-refractivity contribution in [2.24, 2.45) is 0 Å². The van der Waals surface area contributed by atoms with E-state index in [1.165, 1.54) is 0 Å². The van der Waals surface area contributed by atoms with Gasteiger partial charge in [0.15, 0.2) is 0 Å². The fourth-order valence-electron chi connectivity index (χ4n) is 1.79. The normalized spacial score (nSPS) is 10.1. The number of hydrogen-bond donors (Lipinski definition) is 1. The predicted molar refractivity (Wildman–Crippen MR) is 73.5 cm³/mol. The molecule has 3 aromatic rings. The molecule has 0 spiro atoms. The van der Waals surface area contributed by atoms with Crippen molar-refractivity contribution in [1.82, 2.24) is 9.97 Å². The van der Waals surface area contributed by atoms with Crippen molar-refractivity contribution in [2.45, 2.75) is 0 Å². The zero-order valence-electron chi connectivity index (χ0n) is 9.44. The quantitative estimate of drug-likeness (QED) is 0.609. The van der Waals surface area contributed by atoms with Crippen molar-refractivity contribution >= 4 is 22.5 Å². The lowest BCUT2D eigenvalue weighted by Gasteiger charge is -1.93. The van der Waals surface area contributed by atoms with Crippen LogP contribution >= 0.6 is 11.6 Å². The first-order chi connectivity index (χ1) is 8.83. The van der Waals surface area contributed by atoms with Crippen LogP contribution in [0, 0.1) is 11.8 Å². The third-order valence-electron chi connectivity index (χ3n) is 2.64. The maximum Gasteiger partial charge on any atom is 0.0653 e. The second-order valence-electron chi connectivity index (χ2n) is 3.89. The third-order valence-corrected chi connectivity index (χ3v) is 2.88. The van der Waals surface area contributed by atoms with Crippen LogP contribution in [0.25, 0.3) is 10.9 Å². The Labute approximate surface area is 110 Å². The summed E-state index contributed by atoms with van der Waals surface area (Å²) >= 11 is 5.92. The summed E-state index contributed by atoms with van der Waals surface area (Å²) in [5.41, 5.74) is 2.80. The minimum atomic E-state index is 0.694. The largest absolute Gasteiger partial charge is 0.360 e. The number of aromatic nitrogens is 2. The van der Waals surface area contributed by atoms with E-state index >= 15 is 0 Å². The Kier molecular flexibility index (Phi) is 2.76. The Balaban J connectivity index is 2.05. The molecule has 2 aromatic heterocycles. The van der Waals surface area contributed by atoms with Crippen LogP contribution < -0.4 is 0 Å². The van der Waals surface area contributed by atoms with Crippen LogP contribution in [0.5, 0.6) is 0 Å². The minimum absolute atomic E-state index is 0.694. The van der Waals surface area contributed by atoms with Gasteiger partial charge in [-0.3, -0.25) is 4.98 Å². The second kappa shape index (κ2) is 4.56. The lowest BCUT2D eigenvalue weighted by molar-refractivity contribution is 1.33. The average Bonchev–Trinajstić information content (AvgIpc) is 2.85. The molecule has 1 N–H and O–H groups in total. The van der Waals surface area contributed by atoms with E-state index in [-0.39, 0.29) is 0 Å². The number of benzene rings is 1. The number of halogens is 1. The molecule has 2 heterocycles. The van der Waals surface area contributed by atoms with Gasteiger partial charge in [-0.15, -0.1) is 0 Å². The molecule has 0 aliphatic heterocycles. The summed E-state index contributed by atoms with van der Waals surface area (Å²) in [5.74, 6) is 6.22. The SMILES string of the molecule is Clc1cccc(C#Cc2cncc3[nH]ccc23)c1. The molecule has 0 bridgehead atoms. The molecule has 3 rings (SSSR count). The first-order valence-corrected chi connectivity index (χ1v) is 5.89. The second-order valence-corrected chi connectivity index (χ2v) is 4.32. The van der Waals surface area contributed by atoms with Crippen LogP contribution in [0.3, 0.4) is 0 Å². The fourth-order valence-corrected chi connectivity index (χ4v) is 1.98. The zero-order chi connectivity index (χ0) is 12.4. The summed E-state index contributed by atoms with van der Waals surface area (Å²) in [6, 6.07) is 9.50.